The van der Waals surface area contributed by atoms with Crippen molar-refractivity contribution in [1.82, 2.24) is 0 Å². The molecule has 17 heavy (non-hydrogen) atoms. The molecule has 1 fully saturated rings. The van der Waals surface area contributed by atoms with Gasteiger partial charge in [0, 0.05) is 32.5 Å². The third kappa shape index (κ3) is 3.23. The van der Waals surface area contributed by atoms with Crippen molar-refractivity contribution in [3.8, 4) is 0 Å². The predicted octanol–water partition coefficient (Wildman–Crippen LogP) is 2.84. The minimum absolute atomic E-state index is 0.166. The first kappa shape index (κ1) is 12.9. The van der Waals surface area contributed by atoms with Crippen molar-refractivity contribution < 1.29 is 14.6 Å². The van der Waals surface area contributed by atoms with Crippen molar-refractivity contribution in [2.75, 3.05) is 13.2 Å². The van der Waals surface area contributed by atoms with Crippen LogP contribution in [-0.4, -0.2) is 24.1 Å². The lowest BCUT2D eigenvalue weighted by molar-refractivity contribution is -0.228. The normalized spacial score (nSPS) is 33.7. The Hall–Kier alpha value is -0.540. The number of aliphatic hydroxyl groups is 1. The maximum atomic E-state index is 10.5. The zero-order valence-electron chi connectivity index (χ0n) is 10.9. The van der Waals surface area contributed by atoms with E-state index in [9.17, 15) is 5.11 Å². The second kappa shape index (κ2) is 5.40. The van der Waals surface area contributed by atoms with Gasteiger partial charge in [0.2, 0.25) is 5.79 Å². The van der Waals surface area contributed by atoms with E-state index >= 15 is 0 Å². The van der Waals surface area contributed by atoms with E-state index in [-0.39, 0.29) is 5.92 Å². The fourth-order valence-electron chi connectivity index (χ4n) is 2.92. The topological polar surface area (TPSA) is 38.7 Å². The van der Waals surface area contributed by atoms with Crippen LogP contribution in [0.25, 0.3) is 0 Å². The van der Waals surface area contributed by atoms with Crippen LogP contribution in [0, 0.1) is 11.8 Å². The fraction of sp³-hybridized carbons (Fsp3) is 0.857. The van der Waals surface area contributed by atoms with Gasteiger partial charge in [0.15, 0.2) is 0 Å². The van der Waals surface area contributed by atoms with Gasteiger partial charge in [-0.05, 0) is 37.7 Å². The summed E-state index contributed by atoms with van der Waals surface area (Å²) in [5, 5.41) is 10.5. The van der Waals surface area contributed by atoms with Crippen LogP contribution in [0.5, 0.6) is 0 Å². The highest BCUT2D eigenvalue weighted by atomic mass is 16.6. The van der Waals surface area contributed by atoms with Gasteiger partial charge in [-0.1, -0.05) is 6.92 Å². The van der Waals surface area contributed by atoms with E-state index in [0.29, 0.717) is 5.92 Å². The van der Waals surface area contributed by atoms with Crippen LogP contribution < -0.4 is 0 Å². The zero-order chi connectivity index (χ0) is 12.3. The van der Waals surface area contributed by atoms with Crippen molar-refractivity contribution >= 4 is 0 Å². The van der Waals surface area contributed by atoms with Crippen molar-refractivity contribution in [3.05, 3.63) is 11.8 Å². The largest absolute Gasteiger partial charge is 0.467 e. The first-order chi connectivity index (χ1) is 8.09. The van der Waals surface area contributed by atoms with Crippen LogP contribution >= 0.6 is 0 Å². The standard InChI is InChI=1S/C14H24O3/c1-11-10-16-9-8-13(11)14(2,15)17-12-6-4-3-5-7-12/h6,11,13,15H,3-5,7-10H2,1-2H3/t11-,13+,14+/m1/s1. The first-order valence-corrected chi connectivity index (χ1v) is 6.78. The van der Waals surface area contributed by atoms with E-state index in [4.69, 9.17) is 9.47 Å². The maximum Gasteiger partial charge on any atom is 0.208 e. The molecule has 3 nitrogen and oxygen atoms in total. The Morgan fingerprint density at radius 2 is 2.29 bits per heavy atom. The van der Waals surface area contributed by atoms with Crippen LogP contribution in [0.1, 0.15) is 46.0 Å². The Labute approximate surface area is 104 Å². The summed E-state index contributed by atoms with van der Waals surface area (Å²) in [6.45, 7) is 5.38. The highest BCUT2D eigenvalue weighted by Crippen LogP contribution is 2.35. The molecule has 0 saturated carbocycles. The van der Waals surface area contributed by atoms with Gasteiger partial charge in [0.25, 0.3) is 0 Å². The number of rotatable bonds is 3. The van der Waals surface area contributed by atoms with Gasteiger partial charge in [0.1, 0.15) is 0 Å². The molecule has 1 aliphatic carbocycles. The quantitative estimate of drug-likeness (QED) is 0.771. The Bertz CT molecular complexity index is 283. The molecule has 1 N–H and O–H groups in total. The average molecular weight is 240 g/mol. The van der Waals surface area contributed by atoms with E-state index in [2.05, 4.69) is 13.0 Å². The summed E-state index contributed by atoms with van der Waals surface area (Å²) in [5.41, 5.74) is 0. The molecule has 0 spiro atoms. The molecule has 0 aromatic carbocycles. The lowest BCUT2D eigenvalue weighted by Crippen LogP contribution is -2.45. The molecule has 0 unspecified atom stereocenters. The van der Waals surface area contributed by atoms with Crippen LogP contribution in [0.3, 0.4) is 0 Å². The lowest BCUT2D eigenvalue weighted by Gasteiger charge is -2.40. The Morgan fingerprint density at radius 3 is 2.94 bits per heavy atom. The molecular weight excluding hydrogens is 216 g/mol. The third-order valence-electron chi connectivity index (χ3n) is 3.92. The minimum Gasteiger partial charge on any atom is -0.467 e. The summed E-state index contributed by atoms with van der Waals surface area (Å²) in [6, 6.07) is 0. The summed E-state index contributed by atoms with van der Waals surface area (Å²) >= 11 is 0. The SMILES string of the molecule is C[C@@H]1COCC[C@@H]1[C@@](C)(O)OC1=CCCCC1. The second-order valence-electron chi connectivity index (χ2n) is 5.52. The van der Waals surface area contributed by atoms with Gasteiger partial charge in [0.05, 0.1) is 5.76 Å². The molecule has 2 rings (SSSR count). The molecule has 1 saturated heterocycles. The number of hydrogen-bond acceptors (Lipinski definition) is 3. The van der Waals surface area contributed by atoms with Crippen LogP contribution in [0.4, 0.5) is 0 Å². The molecule has 3 heteroatoms. The molecule has 0 aromatic heterocycles. The Kier molecular flexibility index (Phi) is 4.10. The highest BCUT2D eigenvalue weighted by molar-refractivity contribution is 4.99. The first-order valence-electron chi connectivity index (χ1n) is 6.78. The summed E-state index contributed by atoms with van der Waals surface area (Å²) in [6.07, 6.45) is 7.46. The Morgan fingerprint density at radius 1 is 1.47 bits per heavy atom. The van der Waals surface area contributed by atoms with Gasteiger partial charge in [-0.2, -0.15) is 0 Å². The minimum atomic E-state index is -1.05. The molecule has 3 atom stereocenters. The predicted molar refractivity (Wildman–Crippen MR) is 66.3 cm³/mol. The molecular formula is C14H24O3. The Balaban J connectivity index is 1.98. The van der Waals surface area contributed by atoms with E-state index < -0.39 is 5.79 Å². The molecule has 98 valence electrons. The molecule has 0 aromatic rings. The second-order valence-corrected chi connectivity index (χ2v) is 5.52. The zero-order valence-corrected chi connectivity index (χ0v) is 10.9. The van der Waals surface area contributed by atoms with Gasteiger partial charge in [-0.15, -0.1) is 0 Å². The van der Waals surface area contributed by atoms with Crippen LogP contribution in [-0.2, 0) is 9.47 Å². The number of hydrogen-bond donors (Lipinski definition) is 1. The molecule has 0 bridgehead atoms. The number of allylic oxidation sites excluding steroid dienone is 2. The molecule has 1 aliphatic heterocycles. The van der Waals surface area contributed by atoms with Gasteiger partial charge >= 0.3 is 0 Å². The van der Waals surface area contributed by atoms with Gasteiger partial charge < -0.3 is 14.6 Å². The molecule has 2 aliphatic rings. The average Bonchev–Trinajstić information content (AvgIpc) is 2.30. The number of ether oxygens (including phenoxy) is 2. The van der Waals surface area contributed by atoms with E-state index in [1.54, 1.807) is 6.92 Å². The summed E-state index contributed by atoms with van der Waals surface area (Å²) in [7, 11) is 0. The monoisotopic (exact) mass is 240 g/mol. The molecule has 1 heterocycles. The van der Waals surface area contributed by atoms with Crippen molar-refractivity contribution in [1.29, 1.82) is 0 Å². The smallest absolute Gasteiger partial charge is 0.208 e. The lowest BCUT2D eigenvalue weighted by atomic mass is 9.83. The van der Waals surface area contributed by atoms with Crippen molar-refractivity contribution in [2.45, 2.75) is 51.7 Å². The summed E-state index contributed by atoms with van der Waals surface area (Å²) in [5.74, 6) is 0.439. The molecule has 0 radical (unpaired) electrons. The maximum absolute atomic E-state index is 10.5. The van der Waals surface area contributed by atoms with E-state index in [1.807, 2.05) is 0 Å². The van der Waals surface area contributed by atoms with E-state index in [0.717, 1.165) is 38.2 Å². The summed E-state index contributed by atoms with van der Waals surface area (Å²) < 4.78 is 11.3. The fourth-order valence-corrected chi connectivity index (χ4v) is 2.92. The van der Waals surface area contributed by atoms with Crippen molar-refractivity contribution in [2.24, 2.45) is 11.8 Å². The molecule has 0 amide bonds. The van der Waals surface area contributed by atoms with Crippen LogP contribution in [0.15, 0.2) is 11.8 Å². The highest BCUT2D eigenvalue weighted by Gasteiger charge is 2.40. The third-order valence-corrected chi connectivity index (χ3v) is 3.92. The van der Waals surface area contributed by atoms with Gasteiger partial charge in [-0.3, -0.25) is 0 Å². The van der Waals surface area contributed by atoms with Gasteiger partial charge in [-0.25, -0.2) is 0 Å². The van der Waals surface area contributed by atoms with Crippen LogP contribution in [0.2, 0.25) is 0 Å². The van der Waals surface area contributed by atoms with E-state index in [1.165, 1.54) is 12.8 Å². The van der Waals surface area contributed by atoms with Crippen molar-refractivity contribution in [3.63, 3.8) is 0 Å². The summed E-state index contributed by atoms with van der Waals surface area (Å²) in [4.78, 5) is 0.